The molecule has 0 N–H and O–H groups in total. The number of benzene rings is 2. The fraction of sp³-hybridized carbons (Fsp3) is 0.360. The van der Waals surface area contributed by atoms with Crippen LogP contribution in [0.25, 0.3) is 0 Å². The van der Waals surface area contributed by atoms with E-state index in [2.05, 4.69) is 60.6 Å². The molecule has 2 heterocycles. The highest BCUT2D eigenvalue weighted by Crippen LogP contribution is 2.35. The molecule has 0 spiro atoms. The van der Waals surface area contributed by atoms with Gasteiger partial charge in [-0.1, -0.05) is 51.1 Å². The molecule has 2 aromatic carbocycles. The lowest BCUT2D eigenvalue weighted by atomic mass is 9.86. The second kappa shape index (κ2) is 7.75. The van der Waals surface area contributed by atoms with E-state index in [4.69, 9.17) is 0 Å². The van der Waals surface area contributed by atoms with E-state index in [1.807, 2.05) is 12.3 Å². The third-order valence-electron chi connectivity index (χ3n) is 5.82. The molecule has 29 heavy (non-hydrogen) atoms. The zero-order valence-corrected chi connectivity index (χ0v) is 17.3. The summed E-state index contributed by atoms with van der Waals surface area (Å²) in [5.41, 5.74) is 4.19. The molecule has 3 aromatic rings. The molecule has 1 unspecified atom stereocenters. The van der Waals surface area contributed by atoms with Gasteiger partial charge in [-0.15, -0.1) is 0 Å². The third-order valence-corrected chi connectivity index (χ3v) is 5.82. The summed E-state index contributed by atoms with van der Waals surface area (Å²) < 4.78 is 30.5. The van der Waals surface area contributed by atoms with Gasteiger partial charge in [0.25, 0.3) is 0 Å². The van der Waals surface area contributed by atoms with Crippen molar-refractivity contribution >= 4 is 0 Å². The van der Waals surface area contributed by atoms with Crippen molar-refractivity contribution in [1.82, 2.24) is 9.47 Å². The molecule has 0 saturated heterocycles. The highest BCUT2D eigenvalue weighted by Gasteiger charge is 2.29. The van der Waals surface area contributed by atoms with Gasteiger partial charge >= 0.3 is 0 Å². The Kier molecular flexibility index (Phi) is 5.30. The summed E-state index contributed by atoms with van der Waals surface area (Å²) in [6.07, 6.45) is 3.03. The number of aromatic nitrogens is 1. The first-order valence-corrected chi connectivity index (χ1v) is 10.3. The highest BCUT2D eigenvalue weighted by atomic mass is 19.1. The molecule has 0 fully saturated rings. The first kappa shape index (κ1) is 19.8. The first-order chi connectivity index (χ1) is 13.8. The Morgan fingerprint density at radius 3 is 2.41 bits per heavy atom. The van der Waals surface area contributed by atoms with Crippen LogP contribution in [0.15, 0.2) is 60.8 Å². The smallest absolute Gasteiger partial charge is 0.131 e. The van der Waals surface area contributed by atoms with Crippen molar-refractivity contribution in [3.8, 4) is 0 Å². The first-order valence-electron chi connectivity index (χ1n) is 10.3. The summed E-state index contributed by atoms with van der Waals surface area (Å²) in [5.74, 6) is -1.03. The van der Waals surface area contributed by atoms with Crippen molar-refractivity contribution in [1.29, 1.82) is 0 Å². The average Bonchev–Trinajstić information content (AvgIpc) is 3.05. The van der Waals surface area contributed by atoms with E-state index in [1.54, 1.807) is 6.07 Å². The van der Waals surface area contributed by atoms with Crippen LogP contribution in [-0.4, -0.2) is 16.0 Å². The van der Waals surface area contributed by atoms with Crippen molar-refractivity contribution in [2.45, 2.75) is 51.7 Å². The number of fused-ring (bicyclic) bond motifs is 1. The van der Waals surface area contributed by atoms with Gasteiger partial charge in [-0.3, -0.25) is 4.90 Å². The van der Waals surface area contributed by atoms with Gasteiger partial charge in [0.05, 0.1) is 6.04 Å². The van der Waals surface area contributed by atoms with Gasteiger partial charge in [-0.2, -0.15) is 0 Å². The van der Waals surface area contributed by atoms with Crippen LogP contribution in [0.4, 0.5) is 8.78 Å². The van der Waals surface area contributed by atoms with Crippen molar-refractivity contribution in [2.24, 2.45) is 0 Å². The van der Waals surface area contributed by atoms with E-state index in [-0.39, 0.29) is 11.5 Å². The summed E-state index contributed by atoms with van der Waals surface area (Å²) in [5, 5.41) is 0. The highest BCUT2D eigenvalue weighted by molar-refractivity contribution is 5.32. The Hall–Kier alpha value is -2.46. The van der Waals surface area contributed by atoms with E-state index in [1.165, 1.54) is 17.2 Å². The monoisotopic (exact) mass is 394 g/mol. The average molecular weight is 395 g/mol. The van der Waals surface area contributed by atoms with Crippen molar-refractivity contribution in [3.63, 3.8) is 0 Å². The molecule has 0 bridgehead atoms. The van der Waals surface area contributed by atoms with Crippen LogP contribution in [0.3, 0.4) is 0 Å². The maximum Gasteiger partial charge on any atom is 0.131 e. The summed E-state index contributed by atoms with van der Waals surface area (Å²) in [4.78, 5) is 2.31. The molecule has 4 heteroatoms. The van der Waals surface area contributed by atoms with Gasteiger partial charge in [0, 0.05) is 43.2 Å². The van der Waals surface area contributed by atoms with Crippen molar-refractivity contribution < 1.29 is 8.78 Å². The van der Waals surface area contributed by atoms with Crippen LogP contribution < -0.4 is 0 Å². The number of aryl methyl sites for hydroxylation is 1. The Morgan fingerprint density at radius 2 is 1.72 bits per heavy atom. The molecule has 0 amide bonds. The van der Waals surface area contributed by atoms with Gasteiger partial charge in [0.2, 0.25) is 0 Å². The predicted octanol–water partition coefficient (Wildman–Crippen LogP) is 6.06. The third kappa shape index (κ3) is 4.13. The quantitative estimate of drug-likeness (QED) is 0.524. The zero-order valence-electron chi connectivity index (χ0n) is 17.3. The van der Waals surface area contributed by atoms with Gasteiger partial charge in [0.1, 0.15) is 11.6 Å². The lowest BCUT2D eigenvalue weighted by Gasteiger charge is -2.31. The molecule has 4 rings (SSSR count). The molecular formula is C25H28F2N2. The fourth-order valence-corrected chi connectivity index (χ4v) is 4.23. The number of hydrogen-bond donors (Lipinski definition) is 0. The SMILES string of the molecule is CC(C)(C)c1ccc(CN2CCCn3cccc3C2c2ccc(F)cc2F)cc1. The van der Waals surface area contributed by atoms with Gasteiger partial charge < -0.3 is 4.57 Å². The van der Waals surface area contributed by atoms with Crippen LogP contribution in [0.1, 0.15) is 55.6 Å². The van der Waals surface area contributed by atoms with Crippen molar-refractivity contribution in [3.05, 3.63) is 94.8 Å². The molecule has 1 aliphatic heterocycles. The second-order valence-corrected chi connectivity index (χ2v) is 8.97. The summed E-state index contributed by atoms with van der Waals surface area (Å²) in [6, 6.07) is 16.5. The topological polar surface area (TPSA) is 8.17 Å². The standard InChI is InChI=1S/C25H28F2N2/c1-25(2,3)19-9-7-18(8-10-19)17-29-15-5-14-28-13-4-6-23(28)24(29)21-12-11-20(26)16-22(21)27/h4,6-13,16,24H,5,14-15,17H2,1-3H3. The van der Waals surface area contributed by atoms with E-state index < -0.39 is 11.6 Å². The Labute approximate surface area is 171 Å². The lowest BCUT2D eigenvalue weighted by Crippen LogP contribution is -2.30. The van der Waals surface area contributed by atoms with E-state index in [9.17, 15) is 8.78 Å². The molecule has 1 atom stereocenters. The maximum atomic E-state index is 14.8. The largest absolute Gasteiger partial charge is 0.350 e. The van der Waals surface area contributed by atoms with Crippen LogP contribution in [0.5, 0.6) is 0 Å². The molecule has 0 radical (unpaired) electrons. The molecule has 1 aromatic heterocycles. The number of rotatable bonds is 3. The molecule has 2 nitrogen and oxygen atoms in total. The summed E-state index contributed by atoms with van der Waals surface area (Å²) >= 11 is 0. The van der Waals surface area contributed by atoms with Crippen LogP contribution in [-0.2, 0) is 18.5 Å². The molecule has 1 aliphatic rings. The van der Waals surface area contributed by atoms with Gasteiger partial charge in [-0.25, -0.2) is 8.78 Å². The van der Waals surface area contributed by atoms with Gasteiger partial charge in [0.15, 0.2) is 0 Å². The summed E-state index contributed by atoms with van der Waals surface area (Å²) in [7, 11) is 0. The zero-order chi connectivity index (χ0) is 20.6. The number of nitrogens with zero attached hydrogens (tertiary/aromatic N) is 2. The normalized spacial score (nSPS) is 17.8. The Morgan fingerprint density at radius 1 is 0.966 bits per heavy atom. The van der Waals surface area contributed by atoms with E-state index >= 15 is 0 Å². The number of hydrogen-bond acceptors (Lipinski definition) is 1. The van der Waals surface area contributed by atoms with Crippen LogP contribution >= 0.6 is 0 Å². The Bertz CT molecular complexity index is 983. The maximum absolute atomic E-state index is 14.8. The summed E-state index contributed by atoms with van der Waals surface area (Å²) in [6.45, 7) is 9.09. The minimum atomic E-state index is -0.542. The van der Waals surface area contributed by atoms with Gasteiger partial charge in [-0.05, 0) is 41.2 Å². The van der Waals surface area contributed by atoms with Crippen LogP contribution in [0.2, 0.25) is 0 Å². The minimum absolute atomic E-state index is 0.113. The molecular weight excluding hydrogens is 366 g/mol. The molecule has 152 valence electrons. The second-order valence-electron chi connectivity index (χ2n) is 8.97. The minimum Gasteiger partial charge on any atom is -0.350 e. The van der Waals surface area contributed by atoms with E-state index in [0.717, 1.165) is 37.8 Å². The van der Waals surface area contributed by atoms with Crippen molar-refractivity contribution in [2.75, 3.05) is 6.54 Å². The number of halogens is 2. The Balaban J connectivity index is 1.70. The van der Waals surface area contributed by atoms with Crippen LogP contribution in [0, 0.1) is 11.6 Å². The van der Waals surface area contributed by atoms with E-state index in [0.29, 0.717) is 5.56 Å². The molecule has 0 aliphatic carbocycles. The molecule has 0 saturated carbocycles. The lowest BCUT2D eigenvalue weighted by molar-refractivity contribution is 0.216. The fourth-order valence-electron chi connectivity index (χ4n) is 4.23. The predicted molar refractivity (Wildman–Crippen MR) is 113 cm³/mol.